The number of rotatable bonds is 5. The molecule has 1 unspecified atom stereocenters. The number of hydrogen-bond acceptors (Lipinski definition) is 1. The van der Waals surface area contributed by atoms with Gasteiger partial charge in [0.2, 0.25) is 0 Å². The van der Waals surface area contributed by atoms with Gasteiger partial charge in [0.25, 0.3) is 0 Å². The summed E-state index contributed by atoms with van der Waals surface area (Å²) < 4.78 is 0. The molecule has 0 heterocycles. The molecule has 0 saturated carbocycles. The van der Waals surface area contributed by atoms with E-state index in [9.17, 15) is 0 Å². The lowest BCUT2D eigenvalue weighted by Crippen LogP contribution is -2.28. The zero-order valence-corrected chi connectivity index (χ0v) is 10.6. The van der Waals surface area contributed by atoms with Gasteiger partial charge >= 0.3 is 0 Å². The summed E-state index contributed by atoms with van der Waals surface area (Å²) in [5.41, 5.74) is 2.60. The van der Waals surface area contributed by atoms with E-state index < -0.39 is 0 Å². The molecule has 0 aliphatic carbocycles. The Kier molecular flexibility index (Phi) is 4.97. The van der Waals surface area contributed by atoms with Gasteiger partial charge in [-0.25, -0.2) is 0 Å². The fourth-order valence-electron chi connectivity index (χ4n) is 1.60. The van der Waals surface area contributed by atoms with E-state index >= 15 is 0 Å². The minimum absolute atomic E-state index is 0.535. The van der Waals surface area contributed by atoms with Crippen molar-refractivity contribution >= 4 is 17.3 Å². The van der Waals surface area contributed by atoms with Crippen LogP contribution in [0.4, 0.5) is 5.69 Å². The molecule has 15 heavy (non-hydrogen) atoms. The first kappa shape index (κ1) is 12.4. The quantitative estimate of drug-likeness (QED) is 0.691. The third-order valence-electron chi connectivity index (χ3n) is 2.58. The van der Waals surface area contributed by atoms with E-state index in [0.29, 0.717) is 5.92 Å². The number of hydrogen-bond donors (Lipinski definition) is 0. The third kappa shape index (κ3) is 3.75. The normalized spacial score (nSPS) is 12.5. The second kappa shape index (κ2) is 6.02. The number of anilines is 1. The Morgan fingerprint density at radius 2 is 1.87 bits per heavy atom. The average Bonchev–Trinajstić information content (AvgIpc) is 2.27. The molecule has 1 atom stereocenters. The predicted octanol–water partition coefficient (Wildman–Crippen LogP) is 3.70. The second-order valence-corrected chi connectivity index (χ2v) is 4.44. The van der Waals surface area contributed by atoms with Crippen molar-refractivity contribution in [1.82, 2.24) is 0 Å². The van der Waals surface area contributed by atoms with E-state index in [4.69, 9.17) is 11.6 Å². The number of nitrogens with zero attached hydrogens (tertiary/aromatic N) is 1. The van der Waals surface area contributed by atoms with Crippen molar-refractivity contribution in [3.8, 4) is 0 Å². The Balaban J connectivity index is 2.69. The van der Waals surface area contributed by atoms with Crippen LogP contribution in [-0.2, 0) is 0 Å². The lowest BCUT2D eigenvalue weighted by Gasteiger charge is -2.25. The Morgan fingerprint density at radius 3 is 2.33 bits per heavy atom. The predicted molar refractivity (Wildman–Crippen MR) is 69.0 cm³/mol. The van der Waals surface area contributed by atoms with Gasteiger partial charge < -0.3 is 4.90 Å². The van der Waals surface area contributed by atoms with Gasteiger partial charge in [0, 0.05) is 24.7 Å². The maximum Gasteiger partial charge on any atom is 0.0366 e. The summed E-state index contributed by atoms with van der Waals surface area (Å²) in [4.78, 5) is 2.37. The molecule has 0 aliphatic rings. The van der Waals surface area contributed by atoms with Crippen LogP contribution in [0.3, 0.4) is 0 Å². The molecule has 1 nitrogen and oxygen atoms in total. The molecule has 1 rings (SSSR count). The van der Waals surface area contributed by atoms with Gasteiger partial charge in [-0.2, -0.15) is 0 Å². The molecule has 0 radical (unpaired) electrons. The summed E-state index contributed by atoms with van der Waals surface area (Å²) in [5.74, 6) is 1.26. The molecular formula is C13H20ClN. The molecule has 2 heteroatoms. The van der Waals surface area contributed by atoms with Gasteiger partial charge in [-0.15, -0.1) is 11.6 Å². The molecule has 1 aromatic carbocycles. The zero-order valence-electron chi connectivity index (χ0n) is 9.83. The highest BCUT2D eigenvalue weighted by atomic mass is 35.5. The second-order valence-electron chi connectivity index (χ2n) is 4.13. The molecular weight excluding hydrogens is 206 g/mol. The Bertz CT molecular complexity index is 281. The van der Waals surface area contributed by atoms with E-state index in [1.807, 2.05) is 0 Å². The van der Waals surface area contributed by atoms with Crippen LogP contribution in [-0.4, -0.2) is 19.0 Å². The van der Waals surface area contributed by atoms with Crippen molar-refractivity contribution in [1.29, 1.82) is 0 Å². The molecule has 0 saturated heterocycles. The number of aryl methyl sites for hydroxylation is 1. The maximum atomic E-state index is 5.84. The standard InChI is InChI=1S/C13H20ClN/c1-4-15(10-12(3)9-14)13-7-5-11(2)6-8-13/h5-8,12H,4,9-10H2,1-3H3. The molecule has 0 bridgehead atoms. The summed E-state index contributed by atoms with van der Waals surface area (Å²) in [6, 6.07) is 8.67. The van der Waals surface area contributed by atoms with Crippen molar-refractivity contribution in [3.63, 3.8) is 0 Å². The molecule has 0 fully saturated rings. The van der Waals surface area contributed by atoms with Crippen LogP contribution in [0.25, 0.3) is 0 Å². The highest BCUT2D eigenvalue weighted by molar-refractivity contribution is 6.18. The zero-order chi connectivity index (χ0) is 11.3. The van der Waals surface area contributed by atoms with Crippen molar-refractivity contribution in [3.05, 3.63) is 29.8 Å². The van der Waals surface area contributed by atoms with E-state index in [0.717, 1.165) is 19.0 Å². The van der Waals surface area contributed by atoms with Crippen LogP contribution >= 0.6 is 11.6 Å². The Hall–Kier alpha value is -0.690. The van der Waals surface area contributed by atoms with Crippen LogP contribution in [0.5, 0.6) is 0 Å². The van der Waals surface area contributed by atoms with E-state index in [-0.39, 0.29) is 0 Å². The van der Waals surface area contributed by atoms with Crippen LogP contribution in [0, 0.1) is 12.8 Å². The summed E-state index contributed by atoms with van der Waals surface area (Å²) in [6.45, 7) is 8.54. The highest BCUT2D eigenvalue weighted by Crippen LogP contribution is 2.16. The first-order valence-electron chi connectivity index (χ1n) is 5.55. The van der Waals surface area contributed by atoms with Crippen LogP contribution in [0.15, 0.2) is 24.3 Å². The largest absolute Gasteiger partial charge is 0.372 e. The minimum Gasteiger partial charge on any atom is -0.372 e. The van der Waals surface area contributed by atoms with Crippen LogP contribution < -0.4 is 4.90 Å². The van der Waals surface area contributed by atoms with E-state index in [2.05, 4.69) is 49.9 Å². The summed E-state index contributed by atoms with van der Waals surface area (Å²) in [7, 11) is 0. The summed E-state index contributed by atoms with van der Waals surface area (Å²) in [5, 5.41) is 0. The minimum atomic E-state index is 0.535. The smallest absolute Gasteiger partial charge is 0.0366 e. The van der Waals surface area contributed by atoms with Gasteiger partial charge in [0.05, 0.1) is 0 Å². The van der Waals surface area contributed by atoms with Crippen molar-refractivity contribution in [2.45, 2.75) is 20.8 Å². The van der Waals surface area contributed by atoms with Crippen molar-refractivity contribution < 1.29 is 0 Å². The molecule has 0 amide bonds. The SMILES string of the molecule is CCN(CC(C)CCl)c1ccc(C)cc1. The van der Waals surface area contributed by atoms with Crippen LogP contribution in [0.1, 0.15) is 19.4 Å². The van der Waals surface area contributed by atoms with Gasteiger partial charge in [-0.3, -0.25) is 0 Å². The summed E-state index contributed by atoms with van der Waals surface area (Å²) >= 11 is 5.84. The Morgan fingerprint density at radius 1 is 1.27 bits per heavy atom. The number of alkyl halides is 1. The fraction of sp³-hybridized carbons (Fsp3) is 0.538. The van der Waals surface area contributed by atoms with Crippen LogP contribution in [0.2, 0.25) is 0 Å². The van der Waals surface area contributed by atoms with Gasteiger partial charge in [-0.1, -0.05) is 24.6 Å². The van der Waals surface area contributed by atoms with Crippen molar-refractivity contribution in [2.75, 3.05) is 23.9 Å². The molecule has 0 aromatic heterocycles. The van der Waals surface area contributed by atoms with E-state index in [1.54, 1.807) is 0 Å². The first-order valence-corrected chi connectivity index (χ1v) is 6.08. The van der Waals surface area contributed by atoms with Crippen molar-refractivity contribution in [2.24, 2.45) is 5.92 Å². The molecule has 0 spiro atoms. The lowest BCUT2D eigenvalue weighted by molar-refractivity contribution is 0.624. The molecule has 0 aliphatic heterocycles. The topological polar surface area (TPSA) is 3.24 Å². The highest BCUT2D eigenvalue weighted by Gasteiger charge is 2.08. The maximum absolute atomic E-state index is 5.84. The van der Waals surface area contributed by atoms with Gasteiger partial charge in [-0.05, 0) is 31.9 Å². The monoisotopic (exact) mass is 225 g/mol. The van der Waals surface area contributed by atoms with E-state index in [1.165, 1.54) is 11.3 Å². The number of benzene rings is 1. The third-order valence-corrected chi connectivity index (χ3v) is 3.10. The number of halogens is 1. The average molecular weight is 226 g/mol. The molecule has 0 N–H and O–H groups in total. The molecule has 1 aromatic rings. The first-order chi connectivity index (χ1) is 7.17. The Labute approximate surface area is 98.0 Å². The van der Waals surface area contributed by atoms with Gasteiger partial charge in [0.1, 0.15) is 0 Å². The molecule has 84 valence electrons. The lowest BCUT2D eigenvalue weighted by atomic mass is 10.1. The summed E-state index contributed by atoms with van der Waals surface area (Å²) in [6.07, 6.45) is 0. The van der Waals surface area contributed by atoms with Gasteiger partial charge in [0.15, 0.2) is 0 Å². The fourth-order valence-corrected chi connectivity index (χ4v) is 1.70.